The minimum Gasteiger partial charge on any atom is -0.490 e. The molecular formula is C27H23IN2O5. The van der Waals surface area contributed by atoms with Gasteiger partial charge in [0, 0.05) is 5.69 Å². The Bertz CT molecular complexity index is 1310. The first-order chi connectivity index (χ1) is 16.8. The van der Waals surface area contributed by atoms with Crippen LogP contribution in [0.5, 0.6) is 11.5 Å². The van der Waals surface area contributed by atoms with Gasteiger partial charge < -0.3 is 19.9 Å². The molecular weight excluding hydrogens is 559 g/mol. The van der Waals surface area contributed by atoms with Crippen LogP contribution in [0.25, 0.3) is 6.08 Å². The Labute approximate surface area is 217 Å². The Kier molecular flexibility index (Phi) is 8.86. The summed E-state index contributed by atoms with van der Waals surface area (Å²) in [6.07, 6.45) is 1.47. The van der Waals surface area contributed by atoms with Gasteiger partial charge in [0.1, 0.15) is 18.2 Å². The van der Waals surface area contributed by atoms with Crippen LogP contribution in [0.1, 0.15) is 34.0 Å². The van der Waals surface area contributed by atoms with Crippen LogP contribution in [-0.4, -0.2) is 23.6 Å². The van der Waals surface area contributed by atoms with Crippen LogP contribution in [0.4, 0.5) is 5.69 Å². The highest BCUT2D eigenvalue weighted by Gasteiger charge is 2.15. The van der Waals surface area contributed by atoms with Crippen molar-refractivity contribution in [3.05, 3.63) is 92.1 Å². The van der Waals surface area contributed by atoms with Gasteiger partial charge in [0.2, 0.25) is 0 Å². The van der Waals surface area contributed by atoms with Crippen molar-refractivity contribution in [1.82, 2.24) is 0 Å². The lowest BCUT2D eigenvalue weighted by molar-refractivity contribution is -0.112. The highest BCUT2D eigenvalue weighted by Crippen LogP contribution is 2.35. The molecule has 0 atom stereocenters. The Morgan fingerprint density at radius 3 is 2.46 bits per heavy atom. The zero-order chi connectivity index (χ0) is 25.4. The van der Waals surface area contributed by atoms with Crippen molar-refractivity contribution in [2.45, 2.75) is 20.5 Å². The molecule has 0 radical (unpaired) electrons. The topological polar surface area (TPSA) is 109 Å². The standard InChI is InChI=1S/C27H23IN2O5/c1-3-34-24-14-18(13-23(28)25(24)35-16-20-7-5-4-6-17(20)2)12-21(15-29)26(31)30-22-10-8-19(9-11-22)27(32)33/h4-14H,3,16H2,1-2H3,(H,30,31)(H,32,33)/b21-12+. The SMILES string of the molecule is CCOc1cc(/C=C(\C#N)C(=O)Nc2ccc(C(=O)O)cc2)cc(I)c1OCc1ccccc1C. The minimum absolute atomic E-state index is 0.0989. The fourth-order valence-corrected chi connectivity index (χ4v) is 3.99. The number of amides is 1. The van der Waals surface area contributed by atoms with E-state index in [-0.39, 0.29) is 11.1 Å². The molecule has 0 unspecified atom stereocenters. The number of aryl methyl sites for hydroxylation is 1. The van der Waals surface area contributed by atoms with Crippen LogP contribution in [0, 0.1) is 21.8 Å². The maximum absolute atomic E-state index is 12.6. The molecule has 0 aliphatic carbocycles. The molecule has 3 rings (SSSR count). The van der Waals surface area contributed by atoms with E-state index in [1.807, 2.05) is 50.2 Å². The molecule has 0 heterocycles. The van der Waals surface area contributed by atoms with Gasteiger partial charge in [0.25, 0.3) is 5.91 Å². The van der Waals surface area contributed by atoms with E-state index in [9.17, 15) is 14.9 Å². The van der Waals surface area contributed by atoms with Gasteiger partial charge in [-0.05, 0) is 95.6 Å². The number of nitrogens with one attached hydrogen (secondary N) is 1. The van der Waals surface area contributed by atoms with E-state index >= 15 is 0 Å². The number of rotatable bonds is 9. The smallest absolute Gasteiger partial charge is 0.335 e. The van der Waals surface area contributed by atoms with Crippen LogP contribution in [0.15, 0.2) is 66.2 Å². The number of halogens is 1. The van der Waals surface area contributed by atoms with E-state index in [0.29, 0.717) is 36.0 Å². The molecule has 0 bridgehead atoms. The summed E-state index contributed by atoms with van der Waals surface area (Å²) in [6.45, 7) is 4.69. The molecule has 2 N–H and O–H groups in total. The molecule has 0 saturated heterocycles. The summed E-state index contributed by atoms with van der Waals surface area (Å²) in [5.41, 5.74) is 3.16. The lowest BCUT2D eigenvalue weighted by atomic mass is 10.1. The van der Waals surface area contributed by atoms with Gasteiger partial charge >= 0.3 is 5.97 Å². The predicted octanol–water partition coefficient (Wildman–Crippen LogP) is 5.82. The zero-order valence-electron chi connectivity index (χ0n) is 19.2. The van der Waals surface area contributed by atoms with Crippen LogP contribution < -0.4 is 14.8 Å². The number of aromatic carboxylic acids is 1. The van der Waals surface area contributed by atoms with Gasteiger partial charge in [-0.1, -0.05) is 24.3 Å². The lowest BCUT2D eigenvalue weighted by Crippen LogP contribution is -2.13. The Balaban J connectivity index is 1.83. The summed E-state index contributed by atoms with van der Waals surface area (Å²) in [5, 5.41) is 21.2. The van der Waals surface area contributed by atoms with Gasteiger partial charge in [0.05, 0.1) is 15.7 Å². The number of carboxylic acid groups (broad SMARTS) is 1. The van der Waals surface area contributed by atoms with Crippen molar-refractivity contribution in [3.8, 4) is 17.6 Å². The normalized spacial score (nSPS) is 10.9. The Morgan fingerprint density at radius 2 is 1.83 bits per heavy atom. The van der Waals surface area contributed by atoms with Gasteiger partial charge in [-0.25, -0.2) is 4.79 Å². The predicted molar refractivity (Wildman–Crippen MR) is 141 cm³/mol. The number of nitriles is 1. The minimum atomic E-state index is -1.06. The fourth-order valence-electron chi connectivity index (χ4n) is 3.21. The highest BCUT2D eigenvalue weighted by molar-refractivity contribution is 14.1. The highest BCUT2D eigenvalue weighted by atomic mass is 127. The molecule has 35 heavy (non-hydrogen) atoms. The number of nitrogens with zero attached hydrogens (tertiary/aromatic N) is 1. The second-order valence-electron chi connectivity index (χ2n) is 7.48. The molecule has 8 heteroatoms. The number of ether oxygens (including phenoxy) is 2. The third-order valence-electron chi connectivity index (χ3n) is 5.03. The molecule has 1 amide bonds. The van der Waals surface area contributed by atoms with E-state index in [2.05, 4.69) is 27.9 Å². The second kappa shape index (κ2) is 12.0. The van der Waals surface area contributed by atoms with E-state index in [1.165, 1.54) is 30.3 Å². The lowest BCUT2D eigenvalue weighted by Gasteiger charge is -2.15. The molecule has 0 aliphatic heterocycles. The molecule has 0 aromatic heterocycles. The molecule has 178 valence electrons. The molecule has 0 spiro atoms. The number of anilines is 1. The van der Waals surface area contributed by atoms with Gasteiger partial charge in [0.15, 0.2) is 11.5 Å². The Morgan fingerprint density at radius 1 is 1.11 bits per heavy atom. The number of hydrogen-bond acceptors (Lipinski definition) is 5. The first kappa shape index (κ1) is 25.8. The zero-order valence-corrected chi connectivity index (χ0v) is 21.3. The summed E-state index contributed by atoms with van der Waals surface area (Å²) in [7, 11) is 0. The number of carboxylic acids is 1. The number of hydrogen-bond donors (Lipinski definition) is 2. The maximum Gasteiger partial charge on any atom is 0.335 e. The molecule has 3 aromatic carbocycles. The molecule has 0 aliphatic rings. The van der Waals surface area contributed by atoms with E-state index in [1.54, 1.807) is 6.07 Å². The first-order valence-electron chi connectivity index (χ1n) is 10.7. The van der Waals surface area contributed by atoms with Gasteiger partial charge in [-0.15, -0.1) is 0 Å². The third-order valence-corrected chi connectivity index (χ3v) is 5.83. The first-order valence-corrected chi connectivity index (χ1v) is 11.8. The van der Waals surface area contributed by atoms with Crippen molar-refractivity contribution in [2.75, 3.05) is 11.9 Å². The average molecular weight is 582 g/mol. The van der Waals surface area contributed by atoms with Crippen LogP contribution >= 0.6 is 22.6 Å². The van der Waals surface area contributed by atoms with Gasteiger partial charge in [-0.3, -0.25) is 4.79 Å². The summed E-state index contributed by atoms with van der Waals surface area (Å²) in [6, 6.07) is 19.1. The maximum atomic E-state index is 12.6. The van der Waals surface area contributed by atoms with Gasteiger partial charge in [-0.2, -0.15) is 5.26 Å². The van der Waals surface area contributed by atoms with Crippen LogP contribution in [0.2, 0.25) is 0 Å². The van der Waals surface area contributed by atoms with Crippen molar-refractivity contribution in [3.63, 3.8) is 0 Å². The quantitative estimate of drug-likeness (QED) is 0.187. The second-order valence-corrected chi connectivity index (χ2v) is 8.65. The summed E-state index contributed by atoms with van der Waals surface area (Å²) < 4.78 is 12.6. The third kappa shape index (κ3) is 6.83. The van der Waals surface area contributed by atoms with Crippen molar-refractivity contribution in [2.24, 2.45) is 0 Å². The van der Waals surface area contributed by atoms with Crippen LogP contribution in [0.3, 0.4) is 0 Å². The number of carbonyl (C=O) groups excluding carboxylic acids is 1. The molecule has 7 nitrogen and oxygen atoms in total. The van der Waals surface area contributed by atoms with E-state index in [0.717, 1.165) is 14.7 Å². The fraction of sp³-hybridized carbons (Fsp3) is 0.148. The number of carbonyl (C=O) groups is 2. The van der Waals surface area contributed by atoms with Crippen molar-refractivity contribution < 1.29 is 24.2 Å². The van der Waals surface area contributed by atoms with E-state index in [4.69, 9.17) is 14.6 Å². The summed E-state index contributed by atoms with van der Waals surface area (Å²) >= 11 is 2.14. The summed E-state index contributed by atoms with van der Waals surface area (Å²) in [4.78, 5) is 23.6. The number of benzene rings is 3. The molecule has 0 fully saturated rings. The summed E-state index contributed by atoms with van der Waals surface area (Å²) in [5.74, 6) is -0.564. The van der Waals surface area contributed by atoms with E-state index < -0.39 is 11.9 Å². The van der Waals surface area contributed by atoms with Crippen molar-refractivity contribution >= 4 is 46.2 Å². The molecule has 3 aromatic rings. The van der Waals surface area contributed by atoms with Crippen LogP contribution in [-0.2, 0) is 11.4 Å². The monoisotopic (exact) mass is 582 g/mol. The average Bonchev–Trinajstić information content (AvgIpc) is 2.83. The Hall–Kier alpha value is -3.84. The molecule has 0 saturated carbocycles. The largest absolute Gasteiger partial charge is 0.490 e. The van der Waals surface area contributed by atoms with Crippen molar-refractivity contribution in [1.29, 1.82) is 5.26 Å².